The molecule has 0 radical (unpaired) electrons. The average molecular weight is 255 g/mol. The number of piperidine rings is 1. The number of aliphatic hydroxyl groups excluding tert-OH is 1. The third-order valence-corrected chi connectivity index (χ3v) is 3.62. The van der Waals surface area contributed by atoms with Crippen molar-refractivity contribution in [3.8, 4) is 0 Å². The smallest absolute Gasteiger partial charge is 0.129 e. The quantitative estimate of drug-likeness (QED) is 0.842. The molecule has 1 N–H and O–H groups in total. The van der Waals surface area contributed by atoms with Gasteiger partial charge in [0.2, 0.25) is 0 Å². The Morgan fingerprint density at radius 2 is 2.35 bits per heavy atom. The van der Waals surface area contributed by atoms with Gasteiger partial charge in [-0.25, -0.2) is 4.98 Å². The van der Waals surface area contributed by atoms with Crippen molar-refractivity contribution in [2.24, 2.45) is 0 Å². The molecule has 1 aromatic rings. The zero-order chi connectivity index (χ0) is 12.3. The van der Waals surface area contributed by atoms with Crippen molar-refractivity contribution < 1.29 is 5.11 Å². The lowest BCUT2D eigenvalue weighted by Gasteiger charge is -2.37. The molecule has 1 aliphatic rings. The number of likely N-dealkylation sites (tertiary alicyclic amines) is 1. The molecule has 0 saturated carbocycles. The van der Waals surface area contributed by atoms with E-state index < -0.39 is 0 Å². The molecular weight excluding hydrogens is 236 g/mol. The first-order valence-corrected chi connectivity index (χ1v) is 6.57. The molecule has 2 unspecified atom stereocenters. The monoisotopic (exact) mass is 254 g/mol. The van der Waals surface area contributed by atoms with E-state index >= 15 is 0 Å². The summed E-state index contributed by atoms with van der Waals surface area (Å²) in [7, 11) is 0. The third kappa shape index (κ3) is 3.41. The molecule has 0 amide bonds. The molecular formula is C13H19ClN2O. The minimum absolute atomic E-state index is 0.268. The second-order valence-electron chi connectivity index (χ2n) is 4.76. The van der Waals surface area contributed by atoms with Gasteiger partial charge < -0.3 is 5.11 Å². The van der Waals surface area contributed by atoms with E-state index in [1.54, 1.807) is 0 Å². The fraction of sp³-hybridized carbons (Fsp3) is 0.615. The van der Waals surface area contributed by atoms with E-state index in [4.69, 9.17) is 11.6 Å². The fourth-order valence-corrected chi connectivity index (χ4v) is 2.61. The van der Waals surface area contributed by atoms with Gasteiger partial charge in [0.05, 0.1) is 6.10 Å². The number of hydrogen-bond donors (Lipinski definition) is 1. The highest BCUT2D eigenvalue weighted by Gasteiger charge is 2.25. The highest BCUT2D eigenvalue weighted by molar-refractivity contribution is 6.29. The third-order valence-electron chi connectivity index (χ3n) is 3.40. The van der Waals surface area contributed by atoms with Crippen LogP contribution in [0, 0.1) is 0 Å². The van der Waals surface area contributed by atoms with Gasteiger partial charge in [-0.3, -0.25) is 4.90 Å². The Morgan fingerprint density at radius 3 is 3.00 bits per heavy atom. The van der Waals surface area contributed by atoms with Gasteiger partial charge in [0.15, 0.2) is 0 Å². The number of halogens is 1. The zero-order valence-electron chi connectivity index (χ0n) is 10.1. The van der Waals surface area contributed by atoms with Crippen LogP contribution in [0.5, 0.6) is 0 Å². The van der Waals surface area contributed by atoms with Gasteiger partial charge in [0.25, 0.3) is 0 Å². The van der Waals surface area contributed by atoms with Crippen LogP contribution in [0.2, 0.25) is 5.15 Å². The van der Waals surface area contributed by atoms with Crippen molar-refractivity contribution >= 4 is 11.6 Å². The van der Waals surface area contributed by atoms with Gasteiger partial charge in [0.1, 0.15) is 5.15 Å². The Labute approximate surface area is 107 Å². The van der Waals surface area contributed by atoms with Crippen LogP contribution in [-0.2, 0) is 6.54 Å². The summed E-state index contributed by atoms with van der Waals surface area (Å²) in [5.74, 6) is 0. The van der Waals surface area contributed by atoms with Crippen LogP contribution in [0.3, 0.4) is 0 Å². The van der Waals surface area contributed by atoms with Crippen LogP contribution < -0.4 is 0 Å². The number of rotatable bonds is 3. The van der Waals surface area contributed by atoms with Crippen LogP contribution in [0.1, 0.15) is 31.7 Å². The van der Waals surface area contributed by atoms with Crippen LogP contribution in [0.4, 0.5) is 0 Å². The maximum absolute atomic E-state index is 9.79. The topological polar surface area (TPSA) is 36.4 Å². The maximum atomic E-state index is 9.79. The average Bonchev–Trinajstić information content (AvgIpc) is 2.32. The lowest BCUT2D eigenvalue weighted by molar-refractivity contribution is 0.0316. The second-order valence-corrected chi connectivity index (χ2v) is 5.15. The normalized spacial score (nSPS) is 23.6. The molecule has 2 heterocycles. The minimum Gasteiger partial charge on any atom is -0.392 e. The molecule has 0 spiro atoms. The summed E-state index contributed by atoms with van der Waals surface area (Å²) >= 11 is 5.77. The minimum atomic E-state index is -0.268. The van der Waals surface area contributed by atoms with Gasteiger partial charge in [0, 0.05) is 18.8 Å². The summed E-state index contributed by atoms with van der Waals surface area (Å²) in [5, 5.41) is 10.3. The van der Waals surface area contributed by atoms with E-state index in [2.05, 4.69) is 9.88 Å². The summed E-state index contributed by atoms with van der Waals surface area (Å²) in [4.78, 5) is 6.44. The van der Waals surface area contributed by atoms with Crippen molar-refractivity contribution in [3.05, 3.63) is 29.0 Å². The molecule has 2 atom stereocenters. The van der Waals surface area contributed by atoms with E-state index in [1.165, 1.54) is 12.8 Å². The summed E-state index contributed by atoms with van der Waals surface area (Å²) in [6.45, 7) is 3.78. The fourth-order valence-electron chi connectivity index (χ4n) is 2.49. The number of aliphatic hydroxyl groups is 1. The summed E-state index contributed by atoms with van der Waals surface area (Å²) < 4.78 is 0. The molecule has 0 aromatic carbocycles. The Bertz CT molecular complexity index is 353. The second kappa shape index (κ2) is 5.80. The summed E-state index contributed by atoms with van der Waals surface area (Å²) in [5.41, 5.74) is 1.15. The Kier molecular flexibility index (Phi) is 4.37. The molecule has 2 rings (SSSR count). The Hall–Kier alpha value is -0.640. The van der Waals surface area contributed by atoms with Crippen molar-refractivity contribution in [2.45, 2.75) is 44.9 Å². The van der Waals surface area contributed by atoms with Gasteiger partial charge >= 0.3 is 0 Å². The molecule has 3 nitrogen and oxygen atoms in total. The predicted molar refractivity (Wildman–Crippen MR) is 69.0 cm³/mol. The SMILES string of the molecule is CC(O)C1CCCCN1Cc1ccc(Cl)nc1. The summed E-state index contributed by atoms with van der Waals surface area (Å²) in [6, 6.07) is 4.10. The lowest BCUT2D eigenvalue weighted by atomic mass is 9.97. The van der Waals surface area contributed by atoms with Gasteiger partial charge in [-0.05, 0) is 37.9 Å². The predicted octanol–water partition coefficient (Wildman–Crippen LogP) is 2.47. The molecule has 1 aromatic heterocycles. The lowest BCUT2D eigenvalue weighted by Crippen LogP contribution is -2.45. The largest absolute Gasteiger partial charge is 0.392 e. The van der Waals surface area contributed by atoms with E-state index in [0.717, 1.165) is 25.1 Å². The molecule has 4 heteroatoms. The number of hydrogen-bond acceptors (Lipinski definition) is 3. The summed E-state index contributed by atoms with van der Waals surface area (Å²) in [6.07, 6.45) is 5.06. The van der Waals surface area contributed by atoms with E-state index in [-0.39, 0.29) is 12.1 Å². The maximum Gasteiger partial charge on any atom is 0.129 e. The van der Waals surface area contributed by atoms with E-state index in [1.807, 2.05) is 25.3 Å². The number of pyridine rings is 1. The zero-order valence-corrected chi connectivity index (χ0v) is 10.9. The molecule has 0 aliphatic carbocycles. The molecule has 0 bridgehead atoms. The van der Waals surface area contributed by atoms with Gasteiger partial charge in [-0.15, -0.1) is 0 Å². The van der Waals surface area contributed by atoms with Crippen LogP contribution >= 0.6 is 11.6 Å². The van der Waals surface area contributed by atoms with Crippen LogP contribution in [0.15, 0.2) is 18.3 Å². The van der Waals surface area contributed by atoms with Crippen molar-refractivity contribution in [3.63, 3.8) is 0 Å². The Morgan fingerprint density at radius 1 is 1.53 bits per heavy atom. The highest BCUT2D eigenvalue weighted by Crippen LogP contribution is 2.22. The molecule has 1 saturated heterocycles. The first-order chi connectivity index (χ1) is 8.16. The highest BCUT2D eigenvalue weighted by atomic mass is 35.5. The van der Waals surface area contributed by atoms with Gasteiger partial charge in [-0.1, -0.05) is 24.1 Å². The first-order valence-electron chi connectivity index (χ1n) is 6.19. The number of aromatic nitrogens is 1. The van der Waals surface area contributed by atoms with E-state index in [0.29, 0.717) is 5.15 Å². The van der Waals surface area contributed by atoms with Crippen molar-refractivity contribution in [1.82, 2.24) is 9.88 Å². The first kappa shape index (κ1) is 12.8. The van der Waals surface area contributed by atoms with Crippen molar-refractivity contribution in [2.75, 3.05) is 6.54 Å². The molecule has 17 heavy (non-hydrogen) atoms. The Balaban J connectivity index is 2.02. The number of nitrogens with zero attached hydrogens (tertiary/aromatic N) is 2. The standard InChI is InChI=1S/C13H19ClN2O/c1-10(17)12-4-2-3-7-16(12)9-11-5-6-13(14)15-8-11/h5-6,8,10,12,17H,2-4,7,9H2,1H3. The molecule has 94 valence electrons. The molecule has 1 fully saturated rings. The molecule has 1 aliphatic heterocycles. The van der Waals surface area contributed by atoms with Crippen LogP contribution in [-0.4, -0.2) is 33.7 Å². The van der Waals surface area contributed by atoms with Crippen molar-refractivity contribution in [1.29, 1.82) is 0 Å². The van der Waals surface area contributed by atoms with Gasteiger partial charge in [-0.2, -0.15) is 0 Å². The van der Waals surface area contributed by atoms with E-state index in [9.17, 15) is 5.11 Å². The van der Waals surface area contributed by atoms with Crippen LogP contribution in [0.25, 0.3) is 0 Å².